The highest BCUT2D eigenvalue weighted by Crippen LogP contribution is 2.30. The first kappa shape index (κ1) is 15.1. The van der Waals surface area contributed by atoms with Gasteiger partial charge in [0.25, 0.3) is 5.91 Å². The topological polar surface area (TPSA) is 45.2 Å². The molecule has 2 heterocycles. The standard InChI is InChI=1S/C14H20FN3OS/c1-4-16-12-11(7-10(15)8-17-12)13(19)18-5-6-20-14(2,3)9-18/h7-8H,4-6,9H2,1-3H3,(H,16,17). The number of rotatable bonds is 3. The molecular weight excluding hydrogens is 277 g/mol. The molecule has 1 saturated heterocycles. The van der Waals surface area contributed by atoms with Crippen molar-refractivity contribution in [2.45, 2.75) is 25.5 Å². The quantitative estimate of drug-likeness (QED) is 0.931. The Kier molecular flexibility index (Phi) is 4.52. The molecule has 0 radical (unpaired) electrons. The van der Waals surface area contributed by atoms with Gasteiger partial charge in [0.1, 0.15) is 11.6 Å². The van der Waals surface area contributed by atoms with E-state index in [0.717, 1.165) is 11.9 Å². The first-order valence-corrected chi connectivity index (χ1v) is 7.74. The molecule has 1 aliphatic rings. The highest BCUT2D eigenvalue weighted by molar-refractivity contribution is 8.00. The van der Waals surface area contributed by atoms with Crippen LogP contribution in [0.5, 0.6) is 0 Å². The smallest absolute Gasteiger partial charge is 0.257 e. The summed E-state index contributed by atoms with van der Waals surface area (Å²) in [4.78, 5) is 18.4. The summed E-state index contributed by atoms with van der Waals surface area (Å²) in [5, 5.41) is 3.01. The molecule has 6 heteroatoms. The van der Waals surface area contributed by atoms with Crippen LogP contribution in [-0.2, 0) is 0 Å². The molecule has 0 unspecified atom stereocenters. The van der Waals surface area contributed by atoms with Crippen LogP contribution in [0, 0.1) is 5.82 Å². The van der Waals surface area contributed by atoms with Crippen molar-refractivity contribution in [1.82, 2.24) is 9.88 Å². The van der Waals surface area contributed by atoms with Gasteiger partial charge in [-0.25, -0.2) is 9.37 Å². The molecule has 0 spiro atoms. The number of nitrogens with zero attached hydrogens (tertiary/aromatic N) is 2. The van der Waals surface area contributed by atoms with Gasteiger partial charge in [0.05, 0.1) is 11.8 Å². The van der Waals surface area contributed by atoms with Crippen molar-refractivity contribution in [2.75, 3.05) is 30.7 Å². The number of pyridine rings is 1. The van der Waals surface area contributed by atoms with Gasteiger partial charge in [-0.2, -0.15) is 11.8 Å². The predicted octanol–water partition coefficient (Wildman–Crippen LogP) is 2.62. The molecule has 0 atom stereocenters. The maximum atomic E-state index is 13.4. The third-order valence-electron chi connectivity index (χ3n) is 3.14. The Morgan fingerprint density at radius 1 is 1.60 bits per heavy atom. The Balaban J connectivity index is 2.26. The summed E-state index contributed by atoms with van der Waals surface area (Å²) < 4.78 is 13.4. The van der Waals surface area contributed by atoms with Gasteiger partial charge >= 0.3 is 0 Å². The second-order valence-electron chi connectivity index (χ2n) is 5.41. The number of nitrogens with one attached hydrogen (secondary N) is 1. The fourth-order valence-corrected chi connectivity index (χ4v) is 3.38. The third-order valence-corrected chi connectivity index (χ3v) is 4.44. The van der Waals surface area contributed by atoms with Crippen molar-refractivity contribution >= 4 is 23.5 Å². The third kappa shape index (κ3) is 3.42. The normalized spacial score (nSPS) is 17.9. The van der Waals surface area contributed by atoms with Gasteiger partial charge in [-0.15, -0.1) is 0 Å². The molecule has 4 nitrogen and oxygen atoms in total. The van der Waals surface area contributed by atoms with Gasteiger partial charge in [-0.1, -0.05) is 0 Å². The fourth-order valence-electron chi connectivity index (χ4n) is 2.27. The van der Waals surface area contributed by atoms with E-state index in [-0.39, 0.29) is 10.7 Å². The lowest BCUT2D eigenvalue weighted by atomic mass is 10.1. The van der Waals surface area contributed by atoms with E-state index < -0.39 is 5.82 Å². The van der Waals surface area contributed by atoms with Crippen LogP contribution in [0.3, 0.4) is 0 Å². The molecule has 1 aromatic rings. The molecule has 1 amide bonds. The molecule has 1 aliphatic heterocycles. The molecular formula is C14H20FN3OS. The monoisotopic (exact) mass is 297 g/mol. The van der Waals surface area contributed by atoms with Crippen LogP contribution in [0.2, 0.25) is 0 Å². The Hall–Kier alpha value is -1.30. The lowest BCUT2D eigenvalue weighted by Gasteiger charge is -2.37. The van der Waals surface area contributed by atoms with Crippen LogP contribution in [-0.4, -0.2) is 45.9 Å². The zero-order chi connectivity index (χ0) is 14.8. The lowest BCUT2D eigenvalue weighted by Crippen LogP contribution is -2.46. The van der Waals surface area contributed by atoms with E-state index in [2.05, 4.69) is 24.1 Å². The second kappa shape index (κ2) is 5.99. The minimum Gasteiger partial charge on any atom is -0.370 e. The van der Waals surface area contributed by atoms with Gasteiger partial charge in [0.2, 0.25) is 0 Å². The molecule has 1 N–H and O–H groups in total. The van der Waals surface area contributed by atoms with Crippen LogP contribution in [0.25, 0.3) is 0 Å². The van der Waals surface area contributed by atoms with Gasteiger partial charge in [0, 0.05) is 30.1 Å². The number of aromatic nitrogens is 1. The largest absolute Gasteiger partial charge is 0.370 e. The van der Waals surface area contributed by atoms with E-state index in [1.165, 1.54) is 6.07 Å². The number of hydrogen-bond acceptors (Lipinski definition) is 4. The Morgan fingerprint density at radius 2 is 2.35 bits per heavy atom. The first-order chi connectivity index (χ1) is 9.43. The van der Waals surface area contributed by atoms with Gasteiger partial charge in [-0.3, -0.25) is 4.79 Å². The minimum atomic E-state index is -0.486. The van der Waals surface area contributed by atoms with Crippen molar-refractivity contribution < 1.29 is 9.18 Å². The van der Waals surface area contributed by atoms with Crippen LogP contribution in [0.4, 0.5) is 10.2 Å². The zero-order valence-electron chi connectivity index (χ0n) is 12.1. The highest BCUT2D eigenvalue weighted by atomic mass is 32.2. The summed E-state index contributed by atoms with van der Waals surface area (Å²) in [5.74, 6) is 0.717. The molecule has 2 rings (SSSR count). The van der Waals surface area contributed by atoms with Crippen molar-refractivity contribution in [3.8, 4) is 0 Å². The molecule has 0 saturated carbocycles. The van der Waals surface area contributed by atoms with Gasteiger partial charge in [0.15, 0.2) is 0 Å². The zero-order valence-corrected chi connectivity index (χ0v) is 12.9. The summed E-state index contributed by atoms with van der Waals surface area (Å²) in [7, 11) is 0. The molecule has 1 aromatic heterocycles. The number of amides is 1. The average molecular weight is 297 g/mol. The summed E-state index contributed by atoms with van der Waals surface area (Å²) in [6.45, 7) is 8.14. The highest BCUT2D eigenvalue weighted by Gasteiger charge is 2.31. The maximum absolute atomic E-state index is 13.4. The lowest BCUT2D eigenvalue weighted by molar-refractivity contribution is 0.0748. The van der Waals surface area contributed by atoms with E-state index >= 15 is 0 Å². The number of thioether (sulfide) groups is 1. The van der Waals surface area contributed by atoms with E-state index in [9.17, 15) is 9.18 Å². The summed E-state index contributed by atoms with van der Waals surface area (Å²) >= 11 is 1.86. The van der Waals surface area contributed by atoms with Crippen molar-refractivity contribution in [3.05, 3.63) is 23.6 Å². The number of anilines is 1. The molecule has 0 bridgehead atoms. The summed E-state index contributed by atoms with van der Waals surface area (Å²) in [6, 6.07) is 1.27. The molecule has 20 heavy (non-hydrogen) atoms. The second-order valence-corrected chi connectivity index (χ2v) is 7.22. The van der Waals surface area contributed by atoms with Gasteiger partial charge < -0.3 is 10.2 Å². The van der Waals surface area contributed by atoms with E-state index in [0.29, 0.717) is 31.0 Å². The van der Waals surface area contributed by atoms with Gasteiger partial charge in [-0.05, 0) is 26.8 Å². The van der Waals surface area contributed by atoms with Crippen LogP contribution in [0.1, 0.15) is 31.1 Å². The molecule has 110 valence electrons. The average Bonchev–Trinajstić information content (AvgIpc) is 2.39. The summed E-state index contributed by atoms with van der Waals surface area (Å²) in [5.41, 5.74) is 0.314. The van der Waals surface area contributed by atoms with Crippen molar-refractivity contribution in [3.63, 3.8) is 0 Å². The first-order valence-electron chi connectivity index (χ1n) is 6.75. The number of hydrogen-bond donors (Lipinski definition) is 1. The van der Waals surface area contributed by atoms with Crippen LogP contribution < -0.4 is 5.32 Å². The molecule has 1 fully saturated rings. The van der Waals surface area contributed by atoms with Crippen molar-refractivity contribution in [2.24, 2.45) is 0 Å². The van der Waals surface area contributed by atoms with Crippen LogP contribution in [0.15, 0.2) is 12.3 Å². The Labute approximate surface area is 123 Å². The Bertz CT molecular complexity index is 507. The SMILES string of the molecule is CCNc1ncc(F)cc1C(=O)N1CCSC(C)(C)C1. The number of carbonyl (C=O) groups is 1. The van der Waals surface area contributed by atoms with Crippen molar-refractivity contribution in [1.29, 1.82) is 0 Å². The van der Waals surface area contributed by atoms with Crippen LogP contribution >= 0.6 is 11.8 Å². The molecule has 0 aliphatic carbocycles. The fraction of sp³-hybridized carbons (Fsp3) is 0.571. The molecule has 0 aromatic carbocycles. The van der Waals surface area contributed by atoms with E-state index in [4.69, 9.17) is 0 Å². The maximum Gasteiger partial charge on any atom is 0.257 e. The Morgan fingerprint density at radius 3 is 3.00 bits per heavy atom. The predicted molar refractivity (Wildman–Crippen MR) is 80.8 cm³/mol. The number of carbonyl (C=O) groups excluding carboxylic acids is 1. The van der Waals surface area contributed by atoms with E-state index in [1.807, 2.05) is 18.7 Å². The van der Waals surface area contributed by atoms with E-state index in [1.54, 1.807) is 4.90 Å². The summed E-state index contributed by atoms with van der Waals surface area (Å²) in [6.07, 6.45) is 1.13. The minimum absolute atomic E-state index is 0.0347. The number of halogens is 1.